The summed E-state index contributed by atoms with van der Waals surface area (Å²) in [5, 5.41) is 3.04. The minimum atomic E-state index is -0.591. The van der Waals surface area contributed by atoms with Gasteiger partial charge in [-0.25, -0.2) is 4.39 Å². The number of nitrogens with one attached hydrogen (secondary N) is 1. The number of carbonyl (C=O) groups is 2. The van der Waals surface area contributed by atoms with E-state index < -0.39 is 5.82 Å². The van der Waals surface area contributed by atoms with E-state index in [-0.39, 0.29) is 40.7 Å². The Bertz CT molecular complexity index is 947. The summed E-state index contributed by atoms with van der Waals surface area (Å²) < 4.78 is 18.8. The molecule has 0 radical (unpaired) electrons. The van der Waals surface area contributed by atoms with Crippen molar-refractivity contribution < 1.29 is 18.7 Å². The summed E-state index contributed by atoms with van der Waals surface area (Å²) >= 11 is 5.65. The fraction of sp³-hybridized carbons (Fsp3) is 0.391. The first-order valence-electron chi connectivity index (χ1n) is 10.0. The summed E-state index contributed by atoms with van der Waals surface area (Å²) in [6.07, 6.45) is 2.27. The van der Waals surface area contributed by atoms with Gasteiger partial charge in [0, 0.05) is 31.1 Å². The molecule has 30 heavy (non-hydrogen) atoms. The minimum Gasteiger partial charge on any atom is -0.484 e. The zero-order valence-electron chi connectivity index (χ0n) is 16.7. The molecule has 0 aliphatic heterocycles. The van der Waals surface area contributed by atoms with E-state index in [1.54, 1.807) is 4.90 Å². The summed E-state index contributed by atoms with van der Waals surface area (Å²) in [5.74, 6) is -0.239. The van der Waals surface area contributed by atoms with E-state index in [0.717, 1.165) is 24.5 Å². The van der Waals surface area contributed by atoms with Crippen molar-refractivity contribution in [2.24, 2.45) is 11.8 Å². The average Bonchev–Trinajstić information content (AvgIpc) is 3.24. The predicted octanol–water partition coefficient (Wildman–Crippen LogP) is 3.80. The summed E-state index contributed by atoms with van der Waals surface area (Å²) in [6, 6.07) is 14.0. The van der Waals surface area contributed by atoms with Gasteiger partial charge in [-0.15, -0.1) is 0 Å². The SMILES string of the molecule is CN(Cc1ccccc1)C(=O)[C@@H]1CC2(NC(=O)COc3ccc(Cl)c(F)c3)CC1C2. The van der Waals surface area contributed by atoms with Crippen LogP contribution in [0.2, 0.25) is 5.02 Å². The molecule has 2 bridgehead atoms. The molecular formula is C23H24ClFN2O3. The molecule has 3 aliphatic carbocycles. The van der Waals surface area contributed by atoms with Crippen molar-refractivity contribution >= 4 is 23.4 Å². The molecule has 1 N–H and O–H groups in total. The Labute approximate surface area is 180 Å². The van der Waals surface area contributed by atoms with Crippen molar-refractivity contribution in [1.82, 2.24) is 10.2 Å². The lowest BCUT2D eigenvalue weighted by Crippen LogP contribution is -2.53. The second kappa shape index (κ2) is 8.26. The van der Waals surface area contributed by atoms with Crippen LogP contribution < -0.4 is 10.1 Å². The number of benzene rings is 2. The van der Waals surface area contributed by atoms with E-state index in [1.165, 1.54) is 12.1 Å². The molecule has 3 fully saturated rings. The van der Waals surface area contributed by atoms with Crippen LogP contribution in [0.5, 0.6) is 5.75 Å². The van der Waals surface area contributed by atoms with Crippen LogP contribution in [0.3, 0.4) is 0 Å². The van der Waals surface area contributed by atoms with E-state index in [1.807, 2.05) is 37.4 Å². The Morgan fingerprint density at radius 1 is 1.20 bits per heavy atom. The van der Waals surface area contributed by atoms with Crippen LogP contribution in [0.4, 0.5) is 4.39 Å². The number of halogens is 2. The van der Waals surface area contributed by atoms with Gasteiger partial charge in [-0.3, -0.25) is 9.59 Å². The Kier molecular flexibility index (Phi) is 5.69. The van der Waals surface area contributed by atoms with E-state index in [9.17, 15) is 14.0 Å². The minimum absolute atomic E-state index is 0.00472. The first-order chi connectivity index (χ1) is 14.3. The third-order valence-electron chi connectivity index (χ3n) is 6.11. The van der Waals surface area contributed by atoms with Crippen LogP contribution in [0, 0.1) is 17.7 Å². The predicted molar refractivity (Wildman–Crippen MR) is 112 cm³/mol. The molecule has 0 saturated heterocycles. The zero-order chi connectivity index (χ0) is 21.3. The summed E-state index contributed by atoms with van der Waals surface area (Å²) in [7, 11) is 1.83. The van der Waals surface area contributed by atoms with Gasteiger partial charge in [0.1, 0.15) is 11.6 Å². The average molecular weight is 431 g/mol. The maximum Gasteiger partial charge on any atom is 0.258 e. The van der Waals surface area contributed by atoms with Crippen molar-refractivity contribution in [1.29, 1.82) is 0 Å². The molecule has 7 heteroatoms. The van der Waals surface area contributed by atoms with Gasteiger partial charge >= 0.3 is 0 Å². The molecule has 0 spiro atoms. The van der Waals surface area contributed by atoms with Crippen molar-refractivity contribution in [3.8, 4) is 5.75 Å². The van der Waals surface area contributed by atoms with Gasteiger partial charge in [-0.1, -0.05) is 41.9 Å². The Balaban J connectivity index is 1.28. The van der Waals surface area contributed by atoms with Crippen LogP contribution >= 0.6 is 11.6 Å². The number of ether oxygens (including phenoxy) is 1. The fourth-order valence-electron chi connectivity index (χ4n) is 4.69. The lowest BCUT2D eigenvalue weighted by Gasteiger charge is -2.39. The van der Waals surface area contributed by atoms with Gasteiger partial charge in [-0.05, 0) is 42.9 Å². The Hall–Kier alpha value is -2.60. The number of hydrogen-bond acceptors (Lipinski definition) is 3. The highest BCUT2D eigenvalue weighted by Crippen LogP contribution is 2.56. The van der Waals surface area contributed by atoms with Crippen molar-refractivity contribution in [3.63, 3.8) is 0 Å². The number of fused-ring (bicyclic) bond motifs is 1. The molecule has 0 heterocycles. The third-order valence-corrected chi connectivity index (χ3v) is 6.41. The van der Waals surface area contributed by atoms with Gasteiger partial charge in [0.2, 0.25) is 5.91 Å². The number of hydrogen-bond donors (Lipinski definition) is 1. The van der Waals surface area contributed by atoms with E-state index >= 15 is 0 Å². The highest BCUT2D eigenvalue weighted by atomic mass is 35.5. The molecule has 2 aromatic rings. The molecule has 5 rings (SSSR count). The molecule has 2 aromatic carbocycles. The van der Waals surface area contributed by atoms with Crippen molar-refractivity contribution in [2.45, 2.75) is 31.3 Å². The molecule has 3 saturated carbocycles. The molecule has 0 aromatic heterocycles. The highest BCUT2D eigenvalue weighted by molar-refractivity contribution is 6.30. The van der Waals surface area contributed by atoms with Gasteiger partial charge in [-0.2, -0.15) is 0 Å². The molecule has 5 nitrogen and oxygen atoms in total. The Morgan fingerprint density at radius 3 is 2.63 bits per heavy atom. The van der Waals surface area contributed by atoms with E-state index in [0.29, 0.717) is 18.9 Å². The molecule has 3 aliphatic rings. The van der Waals surface area contributed by atoms with E-state index in [4.69, 9.17) is 16.3 Å². The lowest BCUT2D eigenvalue weighted by atomic mass is 9.76. The number of rotatable bonds is 7. The molecule has 158 valence electrons. The first-order valence-corrected chi connectivity index (χ1v) is 10.4. The number of nitrogens with zero attached hydrogens (tertiary/aromatic N) is 1. The largest absolute Gasteiger partial charge is 0.484 e. The number of amides is 2. The molecule has 0 unspecified atom stereocenters. The maximum atomic E-state index is 13.5. The second-order valence-corrected chi connectivity index (χ2v) is 8.76. The zero-order valence-corrected chi connectivity index (χ0v) is 17.5. The van der Waals surface area contributed by atoms with Crippen LogP contribution in [0.1, 0.15) is 24.8 Å². The monoisotopic (exact) mass is 430 g/mol. The van der Waals surface area contributed by atoms with Crippen LogP contribution in [-0.2, 0) is 16.1 Å². The maximum absolute atomic E-state index is 13.5. The standard InChI is InChI=1S/C23H24ClFN2O3/c1-27(13-15-5-3-2-4-6-15)22(29)18-12-23(10-16(18)11-23)26-21(28)14-30-17-7-8-19(24)20(25)9-17/h2-9,16,18H,10-14H2,1H3,(H,26,28)/t16?,18-,23?/m1/s1. The van der Waals surface area contributed by atoms with Crippen molar-refractivity contribution in [2.75, 3.05) is 13.7 Å². The highest BCUT2D eigenvalue weighted by Gasteiger charge is 2.59. The Morgan fingerprint density at radius 2 is 1.93 bits per heavy atom. The number of carbonyl (C=O) groups excluding carboxylic acids is 2. The fourth-order valence-corrected chi connectivity index (χ4v) is 4.81. The molecule has 1 atom stereocenters. The summed E-state index contributed by atoms with van der Waals surface area (Å²) in [6.45, 7) is 0.369. The lowest BCUT2D eigenvalue weighted by molar-refractivity contribution is -0.135. The third kappa shape index (κ3) is 4.29. The van der Waals surface area contributed by atoms with Gasteiger partial charge in [0.05, 0.1) is 5.02 Å². The van der Waals surface area contributed by atoms with Gasteiger partial charge in [0.15, 0.2) is 6.61 Å². The first kappa shape index (κ1) is 20.7. The van der Waals surface area contributed by atoms with Crippen LogP contribution in [-0.4, -0.2) is 35.9 Å². The summed E-state index contributed by atoms with van der Waals surface area (Å²) in [5.41, 5.74) is 0.766. The molecular weight excluding hydrogens is 407 g/mol. The van der Waals surface area contributed by atoms with Crippen LogP contribution in [0.15, 0.2) is 48.5 Å². The smallest absolute Gasteiger partial charge is 0.258 e. The second-order valence-electron chi connectivity index (χ2n) is 8.35. The van der Waals surface area contributed by atoms with E-state index in [2.05, 4.69) is 5.32 Å². The van der Waals surface area contributed by atoms with Crippen LogP contribution in [0.25, 0.3) is 0 Å². The van der Waals surface area contributed by atoms with Crippen molar-refractivity contribution in [3.05, 3.63) is 64.9 Å². The molecule has 2 amide bonds. The summed E-state index contributed by atoms with van der Waals surface area (Å²) in [4.78, 5) is 27.1. The van der Waals surface area contributed by atoms with Gasteiger partial charge in [0.25, 0.3) is 5.91 Å². The van der Waals surface area contributed by atoms with Gasteiger partial charge < -0.3 is 15.0 Å². The topological polar surface area (TPSA) is 58.6 Å². The quantitative estimate of drug-likeness (QED) is 0.726. The normalized spacial score (nSPS) is 24.1.